The molecular weight excluding hydrogens is 424 g/mol. The van der Waals surface area contributed by atoms with Crippen LogP contribution in [0.4, 0.5) is 0 Å². The van der Waals surface area contributed by atoms with Gasteiger partial charge in [0.05, 0.1) is 0 Å². The Kier molecular flexibility index (Phi) is 9.48. The number of unbranched alkanes of at least 4 members (excludes halogenated alkanes) is 5. The largest absolute Gasteiger partial charge is 0.368 e. The van der Waals surface area contributed by atoms with Crippen LogP contribution in [0.25, 0.3) is 0 Å². The highest BCUT2D eigenvalue weighted by Gasteiger charge is 2.19. The Balaban J connectivity index is 2.51. The molecule has 4 nitrogen and oxygen atoms in total. The predicted molar refractivity (Wildman–Crippen MR) is 100 cm³/mol. The highest BCUT2D eigenvalue weighted by atomic mass is 79.9. The molecule has 0 aliphatic rings. The van der Waals surface area contributed by atoms with Crippen molar-refractivity contribution in [1.82, 2.24) is 5.32 Å². The molecule has 0 radical (unpaired) electrons. The lowest BCUT2D eigenvalue weighted by Crippen LogP contribution is -2.44. The number of rotatable bonds is 10. The van der Waals surface area contributed by atoms with Gasteiger partial charge in [0.2, 0.25) is 5.91 Å². The van der Waals surface area contributed by atoms with Crippen molar-refractivity contribution in [3.05, 3.63) is 32.7 Å². The Morgan fingerprint density at radius 3 is 2.17 bits per heavy atom. The van der Waals surface area contributed by atoms with Gasteiger partial charge in [-0.05, 0) is 24.6 Å². The van der Waals surface area contributed by atoms with Crippen molar-refractivity contribution in [2.24, 2.45) is 5.73 Å². The second kappa shape index (κ2) is 10.8. The molecular formula is C17H24Br2N2O2. The maximum atomic E-state index is 12.3. The Labute approximate surface area is 154 Å². The summed E-state index contributed by atoms with van der Waals surface area (Å²) in [6.07, 6.45) is 7.36. The van der Waals surface area contributed by atoms with Crippen LogP contribution in [0.15, 0.2) is 27.1 Å². The first-order valence-corrected chi connectivity index (χ1v) is 9.59. The van der Waals surface area contributed by atoms with Crippen molar-refractivity contribution in [2.75, 3.05) is 0 Å². The average molecular weight is 448 g/mol. The highest BCUT2D eigenvalue weighted by molar-refractivity contribution is 9.11. The summed E-state index contributed by atoms with van der Waals surface area (Å²) in [5.41, 5.74) is 5.90. The number of nitrogens with one attached hydrogen (secondary N) is 1. The van der Waals surface area contributed by atoms with Gasteiger partial charge in [0.1, 0.15) is 6.04 Å². The zero-order valence-electron chi connectivity index (χ0n) is 13.4. The minimum atomic E-state index is -0.619. The third kappa shape index (κ3) is 7.97. The van der Waals surface area contributed by atoms with Crippen molar-refractivity contribution < 1.29 is 9.59 Å². The van der Waals surface area contributed by atoms with E-state index in [0.717, 1.165) is 28.2 Å². The Bertz CT molecular complexity index is 515. The van der Waals surface area contributed by atoms with Gasteiger partial charge in [0.25, 0.3) is 5.91 Å². The molecule has 0 unspecified atom stereocenters. The van der Waals surface area contributed by atoms with Gasteiger partial charge < -0.3 is 11.1 Å². The Morgan fingerprint density at radius 1 is 1.04 bits per heavy atom. The van der Waals surface area contributed by atoms with Crippen LogP contribution in [0.2, 0.25) is 0 Å². The monoisotopic (exact) mass is 446 g/mol. The lowest BCUT2D eigenvalue weighted by Gasteiger charge is -2.15. The summed E-state index contributed by atoms with van der Waals surface area (Å²) in [6.45, 7) is 2.18. The van der Waals surface area contributed by atoms with Crippen LogP contribution in [0, 0.1) is 0 Å². The van der Waals surface area contributed by atoms with Crippen LogP contribution < -0.4 is 11.1 Å². The molecule has 0 fully saturated rings. The van der Waals surface area contributed by atoms with E-state index in [4.69, 9.17) is 5.73 Å². The van der Waals surface area contributed by atoms with Crippen LogP contribution in [-0.2, 0) is 4.79 Å². The van der Waals surface area contributed by atoms with Gasteiger partial charge in [-0.25, -0.2) is 0 Å². The van der Waals surface area contributed by atoms with E-state index >= 15 is 0 Å². The van der Waals surface area contributed by atoms with Gasteiger partial charge in [-0.2, -0.15) is 0 Å². The predicted octanol–water partition coefficient (Wildman–Crippen LogP) is 4.55. The van der Waals surface area contributed by atoms with Crippen LogP contribution in [-0.4, -0.2) is 17.9 Å². The summed E-state index contributed by atoms with van der Waals surface area (Å²) in [5, 5.41) is 2.73. The smallest absolute Gasteiger partial charge is 0.252 e. The number of amides is 2. The lowest BCUT2D eigenvalue weighted by atomic mass is 10.0. The molecule has 1 aromatic carbocycles. The van der Waals surface area contributed by atoms with Gasteiger partial charge >= 0.3 is 0 Å². The molecule has 0 bridgehead atoms. The van der Waals surface area contributed by atoms with E-state index in [1.165, 1.54) is 19.3 Å². The number of hydrogen-bond acceptors (Lipinski definition) is 2. The number of carbonyl (C=O) groups is 2. The third-order valence-electron chi connectivity index (χ3n) is 3.62. The zero-order chi connectivity index (χ0) is 17.2. The van der Waals surface area contributed by atoms with E-state index in [1.54, 1.807) is 12.1 Å². The molecule has 0 aromatic heterocycles. The molecule has 1 rings (SSSR count). The molecule has 0 saturated heterocycles. The van der Waals surface area contributed by atoms with Crippen LogP contribution in [0.5, 0.6) is 0 Å². The van der Waals surface area contributed by atoms with Gasteiger partial charge in [-0.1, -0.05) is 77.3 Å². The summed E-state index contributed by atoms with van der Waals surface area (Å²) in [7, 11) is 0. The molecule has 6 heteroatoms. The Hall–Kier alpha value is -0.880. The van der Waals surface area contributed by atoms with Gasteiger partial charge in [0.15, 0.2) is 0 Å². The number of hydrogen-bond donors (Lipinski definition) is 2. The number of halogens is 2. The van der Waals surface area contributed by atoms with Crippen LogP contribution in [0.3, 0.4) is 0 Å². The van der Waals surface area contributed by atoms with E-state index in [-0.39, 0.29) is 5.91 Å². The van der Waals surface area contributed by atoms with Crippen molar-refractivity contribution in [3.8, 4) is 0 Å². The highest BCUT2D eigenvalue weighted by Crippen LogP contribution is 2.20. The van der Waals surface area contributed by atoms with E-state index in [1.807, 2.05) is 6.07 Å². The van der Waals surface area contributed by atoms with Crippen molar-refractivity contribution >= 4 is 43.7 Å². The summed E-state index contributed by atoms with van der Waals surface area (Å²) in [5.74, 6) is -0.775. The minimum absolute atomic E-state index is 0.290. The normalized spacial score (nSPS) is 12.0. The lowest BCUT2D eigenvalue weighted by molar-refractivity contribution is -0.120. The molecule has 1 aromatic rings. The van der Waals surface area contributed by atoms with E-state index < -0.39 is 11.9 Å². The van der Waals surface area contributed by atoms with Gasteiger partial charge in [-0.3, -0.25) is 9.59 Å². The topological polar surface area (TPSA) is 72.2 Å². The number of carbonyl (C=O) groups excluding carboxylic acids is 2. The first kappa shape index (κ1) is 20.2. The minimum Gasteiger partial charge on any atom is -0.368 e. The average Bonchev–Trinajstić information content (AvgIpc) is 2.48. The van der Waals surface area contributed by atoms with Crippen molar-refractivity contribution in [2.45, 2.75) is 57.9 Å². The second-order valence-electron chi connectivity index (χ2n) is 5.64. The molecule has 23 heavy (non-hydrogen) atoms. The summed E-state index contributed by atoms with van der Waals surface area (Å²) >= 11 is 6.69. The molecule has 0 heterocycles. The molecule has 128 valence electrons. The van der Waals surface area contributed by atoms with Gasteiger partial charge in [0, 0.05) is 14.5 Å². The van der Waals surface area contributed by atoms with E-state index in [0.29, 0.717) is 12.0 Å². The molecule has 1 atom stereocenters. The molecule has 0 aliphatic heterocycles. The molecule has 0 aliphatic carbocycles. The number of nitrogens with two attached hydrogens (primary N) is 1. The molecule has 2 amide bonds. The first-order chi connectivity index (χ1) is 10.9. The first-order valence-electron chi connectivity index (χ1n) is 8.00. The van der Waals surface area contributed by atoms with Crippen LogP contribution in [0.1, 0.15) is 62.2 Å². The molecule has 3 N–H and O–H groups in total. The standard InChI is InChI=1S/C17H24Br2N2O2/c1-2-3-4-5-6-7-8-15(16(20)22)21-17(23)12-9-13(18)11-14(19)10-12/h9-11,15H,2-8H2,1H3,(H2,20,22)(H,21,23)/t15-/m0/s1. The van der Waals surface area contributed by atoms with Crippen molar-refractivity contribution in [3.63, 3.8) is 0 Å². The second-order valence-corrected chi connectivity index (χ2v) is 7.47. The quantitative estimate of drug-likeness (QED) is 0.516. The summed E-state index contributed by atoms with van der Waals surface area (Å²) in [6, 6.07) is 4.65. The Morgan fingerprint density at radius 2 is 1.61 bits per heavy atom. The SMILES string of the molecule is CCCCCCCC[C@H](NC(=O)c1cc(Br)cc(Br)c1)C(N)=O. The van der Waals surface area contributed by atoms with E-state index in [2.05, 4.69) is 44.1 Å². The van der Waals surface area contributed by atoms with Crippen molar-refractivity contribution in [1.29, 1.82) is 0 Å². The maximum absolute atomic E-state index is 12.3. The van der Waals surface area contributed by atoms with Crippen LogP contribution >= 0.6 is 31.9 Å². The van der Waals surface area contributed by atoms with Gasteiger partial charge in [-0.15, -0.1) is 0 Å². The number of benzene rings is 1. The molecule has 0 saturated carbocycles. The fourth-order valence-corrected chi connectivity index (χ4v) is 3.63. The third-order valence-corrected chi connectivity index (χ3v) is 4.54. The van der Waals surface area contributed by atoms with E-state index in [9.17, 15) is 9.59 Å². The fourth-order valence-electron chi connectivity index (χ4n) is 2.34. The maximum Gasteiger partial charge on any atom is 0.252 e. The zero-order valence-corrected chi connectivity index (χ0v) is 16.6. The fraction of sp³-hybridized carbons (Fsp3) is 0.529. The molecule has 0 spiro atoms. The number of primary amides is 1. The summed E-state index contributed by atoms with van der Waals surface area (Å²) in [4.78, 5) is 23.8. The summed E-state index contributed by atoms with van der Waals surface area (Å²) < 4.78 is 1.59.